The van der Waals surface area contributed by atoms with Gasteiger partial charge in [0.25, 0.3) is 11.5 Å². The highest BCUT2D eigenvalue weighted by Crippen LogP contribution is 2.11. The molecule has 1 N–H and O–H groups in total. The Hall–Kier alpha value is -4.01. The van der Waals surface area contributed by atoms with Crippen LogP contribution in [0, 0.1) is 5.82 Å². The fourth-order valence-electron chi connectivity index (χ4n) is 3.27. The summed E-state index contributed by atoms with van der Waals surface area (Å²) in [5.41, 5.74) is 0.499. The van der Waals surface area contributed by atoms with Crippen molar-refractivity contribution in [1.82, 2.24) is 24.6 Å². The fourth-order valence-corrected chi connectivity index (χ4v) is 3.27. The number of benzene rings is 2. The van der Waals surface area contributed by atoms with Crippen LogP contribution in [-0.4, -0.2) is 37.9 Å². The minimum atomic E-state index is -0.657. The van der Waals surface area contributed by atoms with Gasteiger partial charge < -0.3 is 10.1 Å². The molecule has 9 heteroatoms. The zero-order valence-electron chi connectivity index (χ0n) is 17.4. The van der Waals surface area contributed by atoms with E-state index < -0.39 is 6.10 Å². The summed E-state index contributed by atoms with van der Waals surface area (Å²) in [6.07, 6.45) is 2.16. The number of hydrogen-bond donors (Lipinski definition) is 1. The number of carbonyl (C=O) groups is 1. The lowest BCUT2D eigenvalue weighted by molar-refractivity contribution is -0.127. The third kappa shape index (κ3) is 4.66. The van der Waals surface area contributed by atoms with Crippen molar-refractivity contribution in [3.8, 4) is 5.75 Å². The number of aromatic nitrogens is 4. The van der Waals surface area contributed by atoms with Crippen molar-refractivity contribution in [2.45, 2.75) is 26.1 Å². The maximum absolute atomic E-state index is 13.9. The average molecular weight is 435 g/mol. The first-order valence-corrected chi connectivity index (χ1v) is 10.2. The van der Waals surface area contributed by atoms with Gasteiger partial charge in [0.15, 0.2) is 11.8 Å². The molecule has 0 spiro atoms. The maximum atomic E-state index is 13.9. The van der Waals surface area contributed by atoms with E-state index in [1.165, 1.54) is 23.2 Å². The highest BCUT2D eigenvalue weighted by atomic mass is 19.1. The van der Waals surface area contributed by atoms with Gasteiger partial charge in [-0.25, -0.2) is 14.1 Å². The van der Waals surface area contributed by atoms with Gasteiger partial charge in [0, 0.05) is 12.1 Å². The normalized spacial score (nSPS) is 11.9. The van der Waals surface area contributed by atoms with E-state index in [1.54, 1.807) is 41.9 Å². The van der Waals surface area contributed by atoms with Crippen molar-refractivity contribution in [3.05, 3.63) is 88.9 Å². The number of nitrogens with one attached hydrogen (secondary N) is 1. The summed E-state index contributed by atoms with van der Waals surface area (Å²) in [4.78, 5) is 29.4. The average Bonchev–Trinajstić information content (AvgIpc) is 3.21. The van der Waals surface area contributed by atoms with Gasteiger partial charge in [-0.05, 0) is 25.1 Å². The number of carbonyl (C=O) groups excluding carboxylic acids is 1. The zero-order valence-corrected chi connectivity index (χ0v) is 17.4. The minimum Gasteiger partial charge on any atom is -0.481 e. The van der Waals surface area contributed by atoms with E-state index in [2.05, 4.69) is 15.4 Å². The highest BCUT2D eigenvalue weighted by molar-refractivity contribution is 5.80. The molecule has 4 rings (SSSR count). The summed E-state index contributed by atoms with van der Waals surface area (Å²) in [5, 5.41) is 7.34. The lowest BCUT2D eigenvalue weighted by Gasteiger charge is -2.14. The molecule has 2 aromatic carbocycles. The largest absolute Gasteiger partial charge is 0.481 e. The van der Waals surface area contributed by atoms with E-state index >= 15 is 0 Å². The van der Waals surface area contributed by atoms with Crippen molar-refractivity contribution in [3.63, 3.8) is 0 Å². The molecule has 0 aliphatic heterocycles. The molecule has 0 saturated carbocycles. The molecule has 2 aromatic heterocycles. The smallest absolute Gasteiger partial charge is 0.264 e. The Balaban J connectivity index is 1.39. The predicted molar refractivity (Wildman–Crippen MR) is 117 cm³/mol. The van der Waals surface area contributed by atoms with Crippen molar-refractivity contribution in [1.29, 1.82) is 0 Å². The standard InChI is InChI=1S/C23H22FN5O3/c1-16(32-18-8-3-2-4-9-18)22(30)25-11-12-29-21-19(13-27-29)23(31)28(15-26-21)14-17-7-5-6-10-20(17)24/h2-10,13,15-16H,11-12,14H2,1H3,(H,25,30). The van der Waals surface area contributed by atoms with Crippen LogP contribution in [0.2, 0.25) is 0 Å². The third-order valence-corrected chi connectivity index (χ3v) is 4.97. The van der Waals surface area contributed by atoms with Gasteiger partial charge in [-0.3, -0.25) is 14.2 Å². The summed E-state index contributed by atoms with van der Waals surface area (Å²) >= 11 is 0. The second kappa shape index (κ2) is 9.42. The number of hydrogen-bond acceptors (Lipinski definition) is 5. The van der Waals surface area contributed by atoms with Crippen LogP contribution in [0.25, 0.3) is 11.0 Å². The van der Waals surface area contributed by atoms with Crippen molar-refractivity contribution >= 4 is 16.9 Å². The number of ether oxygens (including phenoxy) is 1. The van der Waals surface area contributed by atoms with Gasteiger partial charge in [0.05, 0.1) is 19.3 Å². The molecular formula is C23H22FN5O3. The third-order valence-electron chi connectivity index (χ3n) is 4.97. The van der Waals surface area contributed by atoms with Crippen LogP contribution in [0.3, 0.4) is 0 Å². The molecule has 0 fully saturated rings. The Morgan fingerprint density at radius 1 is 1.16 bits per heavy atom. The molecule has 0 radical (unpaired) electrons. The molecule has 0 aliphatic carbocycles. The van der Waals surface area contributed by atoms with Crippen LogP contribution < -0.4 is 15.6 Å². The van der Waals surface area contributed by atoms with Crippen LogP contribution in [0.5, 0.6) is 5.75 Å². The van der Waals surface area contributed by atoms with Crippen LogP contribution in [-0.2, 0) is 17.9 Å². The van der Waals surface area contributed by atoms with E-state index in [0.29, 0.717) is 28.9 Å². The minimum absolute atomic E-state index is 0.0784. The van der Waals surface area contributed by atoms with Crippen molar-refractivity contribution in [2.75, 3.05) is 6.54 Å². The van der Waals surface area contributed by atoms with Crippen molar-refractivity contribution < 1.29 is 13.9 Å². The topological polar surface area (TPSA) is 91.0 Å². The van der Waals surface area contributed by atoms with E-state index in [-0.39, 0.29) is 30.4 Å². The first-order valence-electron chi connectivity index (χ1n) is 10.2. The molecule has 0 aliphatic rings. The molecule has 164 valence electrons. The van der Waals surface area contributed by atoms with Crippen LogP contribution >= 0.6 is 0 Å². The second-order valence-corrected chi connectivity index (χ2v) is 7.24. The predicted octanol–water partition coefficient (Wildman–Crippen LogP) is 2.36. The van der Waals surface area contributed by atoms with Gasteiger partial charge >= 0.3 is 0 Å². The lowest BCUT2D eigenvalue weighted by atomic mass is 10.2. The summed E-state index contributed by atoms with van der Waals surface area (Å²) in [6.45, 7) is 2.37. The second-order valence-electron chi connectivity index (χ2n) is 7.24. The Morgan fingerprint density at radius 2 is 1.91 bits per heavy atom. The molecule has 1 amide bonds. The Morgan fingerprint density at radius 3 is 2.69 bits per heavy atom. The van der Waals surface area contributed by atoms with E-state index in [1.807, 2.05) is 18.2 Å². The number of rotatable bonds is 8. The molecule has 2 heterocycles. The van der Waals surface area contributed by atoms with Crippen LogP contribution in [0.15, 0.2) is 71.9 Å². The molecule has 0 saturated heterocycles. The van der Waals surface area contributed by atoms with E-state index in [4.69, 9.17) is 4.74 Å². The molecular weight excluding hydrogens is 413 g/mol. The highest BCUT2D eigenvalue weighted by Gasteiger charge is 2.15. The van der Waals surface area contributed by atoms with Gasteiger partial charge in [-0.15, -0.1) is 0 Å². The SMILES string of the molecule is CC(Oc1ccccc1)C(=O)NCCn1ncc2c(=O)n(Cc3ccccc3F)cnc21. The first kappa shape index (κ1) is 21.2. The van der Waals surface area contributed by atoms with Gasteiger partial charge in [0.2, 0.25) is 0 Å². The van der Waals surface area contributed by atoms with Crippen LogP contribution in [0.1, 0.15) is 12.5 Å². The number of halogens is 1. The summed E-state index contributed by atoms with van der Waals surface area (Å²) in [7, 11) is 0. The Labute approximate surface area is 183 Å². The molecule has 4 aromatic rings. The number of nitrogens with zero attached hydrogens (tertiary/aromatic N) is 4. The summed E-state index contributed by atoms with van der Waals surface area (Å²) in [5.74, 6) is -0.0222. The van der Waals surface area contributed by atoms with E-state index in [0.717, 1.165) is 0 Å². The quantitative estimate of drug-likeness (QED) is 0.459. The maximum Gasteiger partial charge on any atom is 0.264 e. The van der Waals surface area contributed by atoms with Gasteiger partial charge in [0.1, 0.15) is 23.3 Å². The summed E-state index contributed by atoms with van der Waals surface area (Å²) in [6, 6.07) is 15.4. The lowest BCUT2D eigenvalue weighted by Crippen LogP contribution is -2.38. The molecule has 1 unspecified atom stereocenters. The van der Waals surface area contributed by atoms with Gasteiger partial charge in [-0.2, -0.15) is 5.10 Å². The number of fused-ring (bicyclic) bond motifs is 1. The Kier molecular flexibility index (Phi) is 6.25. The molecule has 0 bridgehead atoms. The zero-order chi connectivity index (χ0) is 22.5. The summed E-state index contributed by atoms with van der Waals surface area (Å²) < 4.78 is 22.4. The first-order chi connectivity index (χ1) is 15.5. The molecule has 8 nitrogen and oxygen atoms in total. The van der Waals surface area contributed by atoms with Crippen molar-refractivity contribution in [2.24, 2.45) is 0 Å². The fraction of sp³-hybridized carbons (Fsp3) is 0.217. The number of para-hydroxylation sites is 1. The van der Waals surface area contributed by atoms with Crippen LogP contribution in [0.4, 0.5) is 4.39 Å². The Bertz CT molecular complexity index is 1290. The van der Waals surface area contributed by atoms with E-state index in [9.17, 15) is 14.0 Å². The van der Waals surface area contributed by atoms with Gasteiger partial charge in [-0.1, -0.05) is 36.4 Å². The molecule has 32 heavy (non-hydrogen) atoms. The number of amides is 1. The monoisotopic (exact) mass is 435 g/mol. The molecule has 1 atom stereocenters.